The molecule has 3 aliphatic rings. The largest absolute Gasteiger partial charge is 0.387 e. The van der Waals surface area contributed by atoms with Gasteiger partial charge in [-0.1, -0.05) is 18.2 Å². The minimum absolute atomic E-state index is 0.0156. The Hall–Kier alpha value is -0.930. The van der Waals surface area contributed by atoms with Gasteiger partial charge in [-0.2, -0.15) is 0 Å². The van der Waals surface area contributed by atoms with Crippen LogP contribution in [0.4, 0.5) is 4.39 Å². The van der Waals surface area contributed by atoms with Gasteiger partial charge in [0.05, 0.1) is 6.10 Å². The Bertz CT molecular complexity index is 414. The number of aliphatic hydroxyl groups is 1. The van der Waals surface area contributed by atoms with Crippen LogP contribution >= 0.6 is 0 Å². The predicted octanol–water partition coefficient (Wildman–Crippen LogP) is 2.00. The topological polar surface area (TPSA) is 32.3 Å². The van der Waals surface area contributed by atoms with E-state index < -0.39 is 6.10 Å². The summed E-state index contributed by atoms with van der Waals surface area (Å²) < 4.78 is 13.5. The number of fused-ring (bicyclic) bond motifs is 1. The van der Waals surface area contributed by atoms with Crippen molar-refractivity contribution in [3.63, 3.8) is 0 Å². The molecular weight excluding hydrogens is 205 g/mol. The van der Waals surface area contributed by atoms with Crippen molar-refractivity contribution in [2.75, 3.05) is 0 Å². The van der Waals surface area contributed by atoms with Crippen LogP contribution in [0.25, 0.3) is 0 Å². The summed E-state index contributed by atoms with van der Waals surface area (Å²) in [6.45, 7) is 2.16. The van der Waals surface area contributed by atoms with Gasteiger partial charge >= 0.3 is 0 Å². The summed E-state index contributed by atoms with van der Waals surface area (Å²) in [5, 5.41) is 13.6. The lowest BCUT2D eigenvalue weighted by Gasteiger charge is -2.33. The van der Waals surface area contributed by atoms with Gasteiger partial charge in [0.15, 0.2) is 0 Å². The number of nitrogens with one attached hydrogen (secondary N) is 1. The number of benzene rings is 1. The van der Waals surface area contributed by atoms with Crippen molar-refractivity contribution in [2.45, 2.75) is 37.5 Å². The molecule has 2 aliphatic heterocycles. The molecule has 0 radical (unpaired) electrons. The highest BCUT2D eigenvalue weighted by Crippen LogP contribution is 2.50. The molecule has 2 nitrogen and oxygen atoms in total. The molecule has 3 heteroatoms. The van der Waals surface area contributed by atoms with Crippen LogP contribution in [0.5, 0.6) is 0 Å². The van der Waals surface area contributed by atoms with Gasteiger partial charge in [-0.3, -0.25) is 0 Å². The monoisotopic (exact) mass is 221 g/mol. The molecule has 1 aliphatic carbocycles. The van der Waals surface area contributed by atoms with Crippen molar-refractivity contribution in [1.82, 2.24) is 5.32 Å². The van der Waals surface area contributed by atoms with Crippen molar-refractivity contribution in [3.8, 4) is 0 Å². The molecule has 86 valence electrons. The van der Waals surface area contributed by atoms with E-state index in [1.807, 2.05) is 0 Å². The highest BCUT2D eigenvalue weighted by molar-refractivity contribution is 5.24. The summed E-state index contributed by atoms with van der Waals surface area (Å²) >= 11 is 0. The predicted molar refractivity (Wildman–Crippen MR) is 59.4 cm³/mol. The summed E-state index contributed by atoms with van der Waals surface area (Å²) in [5.74, 6) is 0.186. The van der Waals surface area contributed by atoms with E-state index in [0.29, 0.717) is 11.5 Å². The Labute approximate surface area is 94.5 Å². The fourth-order valence-electron chi connectivity index (χ4n) is 3.23. The number of halogens is 1. The lowest BCUT2D eigenvalue weighted by Crippen LogP contribution is -2.40. The van der Waals surface area contributed by atoms with Crippen molar-refractivity contribution in [3.05, 3.63) is 35.6 Å². The molecule has 0 amide bonds. The van der Waals surface area contributed by atoms with Crippen LogP contribution in [0.2, 0.25) is 0 Å². The average Bonchev–Trinajstić information content (AvgIpc) is 2.71. The Morgan fingerprint density at radius 2 is 2.12 bits per heavy atom. The first-order valence-electron chi connectivity index (χ1n) is 5.79. The Morgan fingerprint density at radius 3 is 2.69 bits per heavy atom. The van der Waals surface area contributed by atoms with Crippen molar-refractivity contribution in [2.24, 2.45) is 5.92 Å². The number of hydrogen-bond acceptors (Lipinski definition) is 2. The molecule has 1 aromatic carbocycles. The molecule has 2 saturated heterocycles. The maximum Gasteiger partial charge on any atom is 0.129 e. The second kappa shape index (κ2) is 3.28. The number of hydrogen-bond donors (Lipinski definition) is 2. The maximum atomic E-state index is 13.5. The van der Waals surface area contributed by atoms with Crippen LogP contribution in [-0.4, -0.2) is 16.7 Å². The highest BCUT2D eigenvalue weighted by atomic mass is 19.1. The van der Waals surface area contributed by atoms with Crippen LogP contribution < -0.4 is 5.32 Å². The van der Waals surface area contributed by atoms with Crippen molar-refractivity contribution < 1.29 is 9.50 Å². The molecular formula is C13H16FNO. The zero-order chi connectivity index (χ0) is 11.3. The third kappa shape index (κ3) is 1.39. The number of aliphatic hydroxyl groups excluding tert-OH is 1. The third-order valence-corrected chi connectivity index (χ3v) is 4.01. The molecule has 2 atom stereocenters. The molecule has 2 heterocycles. The summed E-state index contributed by atoms with van der Waals surface area (Å²) in [4.78, 5) is 0. The minimum atomic E-state index is -0.726. The summed E-state index contributed by atoms with van der Waals surface area (Å²) in [5.41, 5.74) is 0.595. The fraction of sp³-hybridized carbons (Fsp3) is 0.538. The molecule has 0 spiro atoms. The second-order valence-electron chi connectivity index (χ2n) is 5.37. The van der Waals surface area contributed by atoms with Gasteiger partial charge in [-0.05, 0) is 31.7 Å². The highest BCUT2D eigenvalue weighted by Gasteiger charge is 2.54. The molecule has 2 N–H and O–H groups in total. The van der Waals surface area contributed by atoms with E-state index in [9.17, 15) is 9.50 Å². The Kier molecular flexibility index (Phi) is 2.10. The van der Waals surface area contributed by atoms with E-state index in [1.54, 1.807) is 18.2 Å². The first-order valence-corrected chi connectivity index (χ1v) is 5.79. The Balaban J connectivity index is 1.84. The molecule has 2 bridgehead atoms. The van der Waals surface area contributed by atoms with Gasteiger partial charge in [0.25, 0.3) is 0 Å². The van der Waals surface area contributed by atoms with E-state index in [-0.39, 0.29) is 17.4 Å². The normalized spacial score (nSPS) is 38.2. The third-order valence-electron chi connectivity index (χ3n) is 4.01. The smallest absolute Gasteiger partial charge is 0.129 e. The molecule has 1 aromatic rings. The summed E-state index contributed by atoms with van der Waals surface area (Å²) in [6.07, 6.45) is 1.47. The van der Waals surface area contributed by atoms with Gasteiger partial charge in [0.2, 0.25) is 0 Å². The van der Waals surface area contributed by atoms with E-state index >= 15 is 0 Å². The van der Waals surface area contributed by atoms with Gasteiger partial charge in [-0.25, -0.2) is 4.39 Å². The van der Waals surface area contributed by atoms with Gasteiger partial charge in [-0.15, -0.1) is 0 Å². The molecule has 16 heavy (non-hydrogen) atoms. The molecule has 0 unspecified atom stereocenters. The zero-order valence-electron chi connectivity index (χ0n) is 9.28. The van der Waals surface area contributed by atoms with E-state index in [0.717, 1.165) is 12.8 Å². The molecule has 1 saturated carbocycles. The average molecular weight is 221 g/mol. The van der Waals surface area contributed by atoms with Gasteiger partial charge < -0.3 is 10.4 Å². The second-order valence-corrected chi connectivity index (χ2v) is 5.37. The van der Waals surface area contributed by atoms with Gasteiger partial charge in [0.1, 0.15) is 5.82 Å². The minimum Gasteiger partial charge on any atom is -0.387 e. The van der Waals surface area contributed by atoms with Crippen LogP contribution in [0.15, 0.2) is 24.3 Å². The Morgan fingerprint density at radius 1 is 1.44 bits per heavy atom. The van der Waals surface area contributed by atoms with E-state index in [2.05, 4.69) is 12.2 Å². The van der Waals surface area contributed by atoms with Crippen LogP contribution in [0.3, 0.4) is 0 Å². The summed E-state index contributed by atoms with van der Waals surface area (Å²) in [6, 6.07) is 6.50. The van der Waals surface area contributed by atoms with E-state index in [1.165, 1.54) is 6.07 Å². The quantitative estimate of drug-likeness (QED) is 0.800. The number of rotatable bonds is 2. The van der Waals surface area contributed by atoms with Crippen LogP contribution in [0.1, 0.15) is 31.4 Å². The van der Waals surface area contributed by atoms with Crippen molar-refractivity contribution >= 4 is 0 Å². The zero-order valence-corrected chi connectivity index (χ0v) is 9.28. The van der Waals surface area contributed by atoms with Gasteiger partial charge in [0, 0.05) is 17.1 Å². The summed E-state index contributed by atoms with van der Waals surface area (Å²) in [7, 11) is 0. The first kappa shape index (κ1) is 10.2. The van der Waals surface area contributed by atoms with Crippen LogP contribution in [0, 0.1) is 11.7 Å². The van der Waals surface area contributed by atoms with E-state index in [4.69, 9.17) is 0 Å². The first-order chi connectivity index (χ1) is 7.59. The van der Waals surface area contributed by atoms with Crippen molar-refractivity contribution in [1.29, 1.82) is 0 Å². The molecule has 0 aromatic heterocycles. The molecule has 3 fully saturated rings. The maximum absolute atomic E-state index is 13.5. The van der Waals surface area contributed by atoms with Crippen LogP contribution in [-0.2, 0) is 0 Å². The SMILES string of the molecule is CC12CC(C1)[C@H]([C@@H](O)c1ccccc1F)N2. The lowest BCUT2D eigenvalue weighted by molar-refractivity contribution is 0.118. The fourth-order valence-corrected chi connectivity index (χ4v) is 3.23. The molecule has 4 rings (SSSR count). The standard InChI is InChI=1S/C13H16FNO/c1-13-6-8(7-13)11(15-13)12(16)9-4-2-3-5-10(9)14/h2-5,8,11-12,15-16H,6-7H2,1H3/t8?,11-,12+,13?/m1/s1. The lowest BCUT2D eigenvalue weighted by atomic mass is 9.72.